The lowest BCUT2D eigenvalue weighted by atomic mass is 10.2. The van der Waals surface area contributed by atoms with E-state index in [9.17, 15) is 18.0 Å². The molecule has 0 radical (unpaired) electrons. The minimum absolute atomic E-state index is 0.0308. The fraction of sp³-hybridized carbons (Fsp3) is 0.333. The number of hydrogen-bond acceptors (Lipinski definition) is 7. The molecule has 0 saturated heterocycles. The van der Waals surface area contributed by atoms with Gasteiger partial charge in [0.1, 0.15) is 11.6 Å². The summed E-state index contributed by atoms with van der Waals surface area (Å²) < 4.78 is 37.4. The Morgan fingerprint density at radius 1 is 1.50 bits per heavy atom. The van der Waals surface area contributed by atoms with E-state index >= 15 is 0 Å². The van der Waals surface area contributed by atoms with Crippen molar-refractivity contribution in [2.45, 2.75) is 18.3 Å². The number of carbonyl (C=O) groups excluding carboxylic acids is 1. The van der Waals surface area contributed by atoms with Gasteiger partial charge in [0, 0.05) is 5.70 Å². The second kappa shape index (κ2) is 5.83. The quantitative estimate of drug-likeness (QED) is 0.358. The van der Waals surface area contributed by atoms with Crippen LogP contribution in [0.2, 0.25) is 0 Å². The highest BCUT2D eigenvalue weighted by Gasteiger charge is 2.38. The molecule has 1 aromatic heterocycles. The van der Waals surface area contributed by atoms with Gasteiger partial charge in [0.2, 0.25) is 5.16 Å². The molecule has 0 amide bonds. The Morgan fingerprint density at radius 3 is 2.50 bits per heavy atom. The number of carbonyl (C=O) groups is 1. The molecule has 0 atom stereocenters. The molecule has 0 fully saturated rings. The molecule has 0 aliphatic carbocycles. The van der Waals surface area contributed by atoms with Crippen molar-refractivity contribution in [1.29, 1.82) is 5.26 Å². The van der Waals surface area contributed by atoms with Gasteiger partial charge in [-0.3, -0.25) is 4.79 Å². The Labute approximate surface area is 115 Å². The summed E-state index contributed by atoms with van der Waals surface area (Å²) in [5.41, 5.74) is 5.11. The fourth-order valence-corrected chi connectivity index (χ4v) is 1.87. The number of halogens is 3. The maximum atomic E-state index is 12.4. The number of allylic oxidation sites excluding steroid dienone is 2. The van der Waals surface area contributed by atoms with Gasteiger partial charge in [-0.05, 0) is 6.92 Å². The fourth-order valence-electron chi connectivity index (χ4n) is 1.14. The maximum Gasteiger partial charge on any atom is 0.453 e. The first-order chi connectivity index (χ1) is 9.18. The molecule has 0 aliphatic rings. The molecule has 20 heavy (non-hydrogen) atoms. The lowest BCUT2D eigenvalue weighted by Crippen LogP contribution is -2.21. The van der Waals surface area contributed by atoms with Crippen LogP contribution in [0.4, 0.5) is 13.2 Å². The molecule has 1 aromatic rings. The van der Waals surface area contributed by atoms with E-state index in [1.807, 2.05) is 0 Å². The van der Waals surface area contributed by atoms with Crippen molar-refractivity contribution in [2.24, 2.45) is 5.73 Å². The molecule has 0 aliphatic heterocycles. The summed E-state index contributed by atoms with van der Waals surface area (Å²) in [5.74, 6) is 2.85. The molecular weight excluding hydrogens is 297 g/mol. The number of nitrogens with zero attached hydrogens (tertiary/aromatic N) is 4. The van der Waals surface area contributed by atoms with Crippen molar-refractivity contribution in [3.63, 3.8) is 0 Å². The van der Waals surface area contributed by atoms with Crippen LogP contribution in [0.25, 0.3) is 0 Å². The van der Waals surface area contributed by atoms with E-state index in [0.29, 0.717) is 11.8 Å². The summed E-state index contributed by atoms with van der Waals surface area (Å²) in [5, 5.41) is 14.5. The van der Waals surface area contributed by atoms with Crippen LogP contribution in [0, 0.1) is 11.3 Å². The summed E-state index contributed by atoms with van der Waals surface area (Å²) in [6.07, 6.45) is -4.74. The van der Waals surface area contributed by atoms with Crippen LogP contribution in [-0.4, -0.2) is 26.4 Å². The number of nitriles is 1. The number of aromatic nitrogens is 3. The average Bonchev–Trinajstić information content (AvgIpc) is 2.68. The minimum atomic E-state index is -4.74. The predicted octanol–water partition coefficient (Wildman–Crippen LogP) is 0.428. The Hall–Kier alpha value is -2.22. The number of rotatable bonds is 4. The van der Waals surface area contributed by atoms with Crippen LogP contribution in [-0.2, 0) is 11.0 Å². The van der Waals surface area contributed by atoms with Crippen LogP contribution < -0.4 is 11.6 Å². The summed E-state index contributed by atoms with van der Waals surface area (Å²) in [7, 11) is 0. The minimum Gasteiger partial charge on any atom is -0.401 e. The lowest BCUT2D eigenvalue weighted by Gasteiger charge is -2.05. The van der Waals surface area contributed by atoms with Crippen LogP contribution in [0.3, 0.4) is 0 Å². The normalized spacial score (nSPS) is 12.8. The summed E-state index contributed by atoms with van der Waals surface area (Å²) in [4.78, 5) is 11.6. The number of Topliss-reactive ketones (excluding diaryl/α,β-unsaturated/α-hetero) is 1. The zero-order valence-electron chi connectivity index (χ0n) is 10.1. The highest BCUT2D eigenvalue weighted by Crippen LogP contribution is 2.28. The number of nitrogens with two attached hydrogens (primary N) is 2. The summed E-state index contributed by atoms with van der Waals surface area (Å²) >= 11 is 0.627. The molecule has 0 spiro atoms. The van der Waals surface area contributed by atoms with Gasteiger partial charge < -0.3 is 11.6 Å². The number of nitrogen functional groups attached to an aromatic ring is 1. The van der Waals surface area contributed by atoms with E-state index in [4.69, 9.17) is 16.8 Å². The van der Waals surface area contributed by atoms with E-state index in [1.165, 1.54) is 6.92 Å². The smallest absolute Gasteiger partial charge is 0.401 e. The zero-order valence-corrected chi connectivity index (χ0v) is 10.9. The summed E-state index contributed by atoms with van der Waals surface area (Å²) in [6, 6.07) is 1.62. The first-order valence-corrected chi connectivity index (χ1v) is 5.97. The predicted molar refractivity (Wildman–Crippen MR) is 63.4 cm³/mol. The zero-order chi connectivity index (χ0) is 15.5. The largest absolute Gasteiger partial charge is 0.453 e. The third-order valence-electron chi connectivity index (χ3n) is 2.04. The SMILES string of the molecule is C/C(N)=C(/C#N)C(=O)CSc1nnc(C(F)(F)F)n1N. The second-order valence-electron chi connectivity index (χ2n) is 3.56. The molecule has 4 N–H and O–H groups in total. The maximum absolute atomic E-state index is 12.4. The third kappa shape index (κ3) is 3.41. The number of alkyl halides is 3. The van der Waals surface area contributed by atoms with Crippen molar-refractivity contribution in [3.05, 3.63) is 17.1 Å². The molecular formula is C9H9F3N6OS. The highest BCUT2D eigenvalue weighted by molar-refractivity contribution is 7.99. The Balaban J connectivity index is 2.83. The van der Waals surface area contributed by atoms with Crippen molar-refractivity contribution >= 4 is 17.5 Å². The average molecular weight is 306 g/mol. The molecule has 0 bridgehead atoms. The molecule has 1 heterocycles. The van der Waals surface area contributed by atoms with Gasteiger partial charge in [-0.2, -0.15) is 18.4 Å². The Morgan fingerprint density at radius 2 is 2.10 bits per heavy atom. The number of hydrogen-bond donors (Lipinski definition) is 2. The highest BCUT2D eigenvalue weighted by atomic mass is 32.2. The van der Waals surface area contributed by atoms with Gasteiger partial charge in [-0.1, -0.05) is 11.8 Å². The first kappa shape index (κ1) is 15.8. The van der Waals surface area contributed by atoms with E-state index in [-0.39, 0.29) is 26.9 Å². The molecule has 0 unspecified atom stereocenters. The topological polar surface area (TPSA) is 124 Å². The number of ketones is 1. The second-order valence-corrected chi connectivity index (χ2v) is 4.50. The molecule has 7 nitrogen and oxygen atoms in total. The van der Waals surface area contributed by atoms with Crippen LogP contribution in [0.5, 0.6) is 0 Å². The van der Waals surface area contributed by atoms with Gasteiger partial charge in [0.05, 0.1) is 5.75 Å². The van der Waals surface area contributed by atoms with E-state index in [1.54, 1.807) is 6.07 Å². The summed E-state index contributed by atoms with van der Waals surface area (Å²) in [6.45, 7) is 1.37. The van der Waals surface area contributed by atoms with Gasteiger partial charge in [-0.25, -0.2) is 4.68 Å². The lowest BCUT2D eigenvalue weighted by molar-refractivity contribution is -0.146. The molecule has 108 valence electrons. The molecule has 11 heteroatoms. The standard InChI is InChI=1S/C9H9F3N6OS/c1-4(14)5(2-13)6(19)3-20-8-17-16-7(18(8)15)9(10,11)12/h3,14-15H2,1H3/b5-4+. The first-order valence-electron chi connectivity index (χ1n) is 4.98. The van der Waals surface area contributed by atoms with Crippen molar-refractivity contribution < 1.29 is 18.0 Å². The van der Waals surface area contributed by atoms with E-state index < -0.39 is 17.8 Å². The van der Waals surface area contributed by atoms with Gasteiger partial charge in [0.15, 0.2) is 5.78 Å². The third-order valence-corrected chi connectivity index (χ3v) is 2.98. The van der Waals surface area contributed by atoms with Gasteiger partial charge in [-0.15, -0.1) is 10.2 Å². The molecule has 0 saturated carbocycles. The monoisotopic (exact) mass is 306 g/mol. The van der Waals surface area contributed by atoms with Crippen LogP contribution >= 0.6 is 11.8 Å². The number of thioether (sulfide) groups is 1. The van der Waals surface area contributed by atoms with Gasteiger partial charge in [0.25, 0.3) is 5.82 Å². The van der Waals surface area contributed by atoms with Gasteiger partial charge >= 0.3 is 6.18 Å². The van der Waals surface area contributed by atoms with E-state index in [0.717, 1.165) is 0 Å². The van der Waals surface area contributed by atoms with E-state index in [2.05, 4.69) is 10.2 Å². The van der Waals surface area contributed by atoms with Crippen molar-refractivity contribution in [2.75, 3.05) is 11.6 Å². The van der Waals surface area contributed by atoms with Crippen LogP contribution in [0.1, 0.15) is 12.7 Å². The molecule has 1 rings (SSSR count). The van der Waals surface area contributed by atoms with Crippen molar-refractivity contribution in [3.8, 4) is 6.07 Å². The van der Waals surface area contributed by atoms with Crippen molar-refractivity contribution in [1.82, 2.24) is 14.9 Å². The Kier molecular flexibility index (Phi) is 4.61. The Bertz CT molecular complexity index is 596. The van der Waals surface area contributed by atoms with Crippen LogP contribution in [0.15, 0.2) is 16.4 Å². The molecule has 0 aromatic carbocycles.